The van der Waals surface area contributed by atoms with Crippen LogP contribution in [0, 0.1) is 13.8 Å². The summed E-state index contributed by atoms with van der Waals surface area (Å²) in [6.45, 7) is 5.90. The van der Waals surface area contributed by atoms with Crippen molar-refractivity contribution in [2.24, 2.45) is 0 Å². The molecule has 112 valence electrons. The molecule has 0 fully saturated rings. The van der Waals surface area contributed by atoms with Gasteiger partial charge in [0.2, 0.25) is 5.95 Å². The summed E-state index contributed by atoms with van der Waals surface area (Å²) in [5.74, 6) is 1.22. The second-order valence-electron chi connectivity index (χ2n) is 5.27. The molecule has 2 rings (SSSR count). The number of rotatable bonds is 6. The van der Waals surface area contributed by atoms with Gasteiger partial charge in [0.05, 0.1) is 6.20 Å². The molecule has 0 aliphatic carbocycles. The molecule has 6 heteroatoms. The smallest absolute Gasteiger partial charge is 0.249 e. The first-order valence-corrected chi connectivity index (χ1v) is 6.98. The van der Waals surface area contributed by atoms with E-state index in [1.807, 2.05) is 26.2 Å². The summed E-state index contributed by atoms with van der Waals surface area (Å²) in [7, 11) is 4.07. The SMILES string of the molecule is Cc1cccc(Nc2nncc(NCCN(C)C)n2)c1C. The first kappa shape index (κ1) is 15.2. The van der Waals surface area contributed by atoms with E-state index in [9.17, 15) is 0 Å². The van der Waals surface area contributed by atoms with Crippen LogP contribution < -0.4 is 10.6 Å². The molecule has 0 aliphatic rings. The summed E-state index contributed by atoms with van der Waals surface area (Å²) < 4.78 is 0. The van der Waals surface area contributed by atoms with E-state index in [0.717, 1.165) is 24.6 Å². The summed E-state index contributed by atoms with van der Waals surface area (Å²) in [6.07, 6.45) is 1.63. The average molecular weight is 286 g/mol. The molecule has 0 aliphatic heterocycles. The van der Waals surface area contributed by atoms with Crippen LogP contribution in [-0.2, 0) is 0 Å². The summed E-state index contributed by atoms with van der Waals surface area (Å²) in [4.78, 5) is 6.53. The molecule has 2 aromatic rings. The average Bonchev–Trinajstić information content (AvgIpc) is 2.44. The molecule has 2 N–H and O–H groups in total. The fourth-order valence-corrected chi connectivity index (χ4v) is 1.86. The molecule has 6 nitrogen and oxygen atoms in total. The van der Waals surface area contributed by atoms with Gasteiger partial charge in [-0.2, -0.15) is 10.1 Å². The lowest BCUT2D eigenvalue weighted by Crippen LogP contribution is -2.21. The van der Waals surface area contributed by atoms with Gasteiger partial charge in [-0.1, -0.05) is 12.1 Å². The number of hydrogen-bond acceptors (Lipinski definition) is 6. The molecule has 0 radical (unpaired) electrons. The Morgan fingerprint density at radius 3 is 2.76 bits per heavy atom. The summed E-state index contributed by atoms with van der Waals surface area (Å²) in [5, 5.41) is 14.5. The van der Waals surface area contributed by atoms with Crippen molar-refractivity contribution >= 4 is 17.5 Å². The van der Waals surface area contributed by atoms with Crippen molar-refractivity contribution in [3.8, 4) is 0 Å². The lowest BCUT2D eigenvalue weighted by molar-refractivity contribution is 0.425. The molecule has 0 bridgehead atoms. The fourth-order valence-electron chi connectivity index (χ4n) is 1.86. The lowest BCUT2D eigenvalue weighted by atomic mass is 10.1. The third kappa shape index (κ3) is 4.39. The number of aromatic nitrogens is 3. The lowest BCUT2D eigenvalue weighted by Gasteiger charge is -2.12. The van der Waals surface area contributed by atoms with Gasteiger partial charge >= 0.3 is 0 Å². The number of aryl methyl sites for hydroxylation is 1. The third-order valence-electron chi connectivity index (χ3n) is 3.28. The minimum Gasteiger partial charge on any atom is -0.367 e. The van der Waals surface area contributed by atoms with Crippen LogP contribution in [0.25, 0.3) is 0 Å². The van der Waals surface area contributed by atoms with Gasteiger partial charge in [0.15, 0.2) is 5.82 Å². The van der Waals surface area contributed by atoms with Crippen molar-refractivity contribution in [1.82, 2.24) is 20.1 Å². The Balaban J connectivity index is 2.05. The van der Waals surface area contributed by atoms with Gasteiger partial charge in [-0.05, 0) is 45.1 Å². The highest BCUT2D eigenvalue weighted by atomic mass is 15.3. The van der Waals surface area contributed by atoms with Gasteiger partial charge in [0.1, 0.15) is 0 Å². The van der Waals surface area contributed by atoms with Gasteiger partial charge in [0, 0.05) is 18.8 Å². The maximum Gasteiger partial charge on any atom is 0.249 e. The molecule has 1 heterocycles. The maximum atomic E-state index is 4.42. The highest BCUT2D eigenvalue weighted by molar-refractivity contribution is 5.60. The Labute approximate surface area is 125 Å². The van der Waals surface area contributed by atoms with Gasteiger partial charge < -0.3 is 15.5 Å². The minimum atomic E-state index is 0.499. The quantitative estimate of drug-likeness (QED) is 0.848. The van der Waals surface area contributed by atoms with Crippen molar-refractivity contribution in [3.63, 3.8) is 0 Å². The van der Waals surface area contributed by atoms with Crippen molar-refractivity contribution < 1.29 is 0 Å². The number of hydrogen-bond donors (Lipinski definition) is 2. The van der Waals surface area contributed by atoms with E-state index in [0.29, 0.717) is 5.95 Å². The number of anilines is 3. The molecular formula is C15H22N6. The van der Waals surface area contributed by atoms with E-state index in [4.69, 9.17) is 0 Å². The van der Waals surface area contributed by atoms with Crippen LogP contribution in [0.15, 0.2) is 24.4 Å². The standard InChI is InChI=1S/C15H22N6/c1-11-6-5-7-13(12(11)2)18-15-19-14(10-17-20-15)16-8-9-21(3)4/h5-7,10H,8-9H2,1-4H3,(H2,16,18,19,20). The van der Waals surface area contributed by atoms with Gasteiger partial charge in [0.25, 0.3) is 0 Å². The molecule has 0 spiro atoms. The van der Waals surface area contributed by atoms with Crippen LogP contribution in [0.5, 0.6) is 0 Å². The number of nitrogens with one attached hydrogen (secondary N) is 2. The number of benzene rings is 1. The molecule has 1 aromatic carbocycles. The number of likely N-dealkylation sites (N-methyl/N-ethyl adjacent to an activating group) is 1. The number of nitrogens with zero attached hydrogens (tertiary/aromatic N) is 4. The van der Waals surface area contributed by atoms with E-state index in [1.165, 1.54) is 11.1 Å². The summed E-state index contributed by atoms with van der Waals surface area (Å²) in [6, 6.07) is 6.11. The maximum absolute atomic E-state index is 4.42. The van der Waals surface area contributed by atoms with Crippen LogP contribution in [0.1, 0.15) is 11.1 Å². The zero-order valence-electron chi connectivity index (χ0n) is 13.0. The predicted molar refractivity (Wildman–Crippen MR) is 86.1 cm³/mol. The first-order chi connectivity index (χ1) is 10.1. The highest BCUT2D eigenvalue weighted by Gasteiger charge is 2.04. The van der Waals surface area contributed by atoms with E-state index >= 15 is 0 Å². The van der Waals surface area contributed by atoms with E-state index < -0.39 is 0 Å². The van der Waals surface area contributed by atoms with E-state index in [1.54, 1.807) is 6.20 Å². The fraction of sp³-hybridized carbons (Fsp3) is 0.400. The monoisotopic (exact) mass is 286 g/mol. The molecule has 0 amide bonds. The van der Waals surface area contributed by atoms with Crippen LogP contribution >= 0.6 is 0 Å². The van der Waals surface area contributed by atoms with Crippen LogP contribution in [0.2, 0.25) is 0 Å². The topological polar surface area (TPSA) is 66.0 Å². The van der Waals surface area contributed by atoms with Gasteiger partial charge in [-0.15, -0.1) is 5.10 Å². The second-order valence-corrected chi connectivity index (χ2v) is 5.27. The normalized spacial score (nSPS) is 10.7. The minimum absolute atomic E-state index is 0.499. The summed E-state index contributed by atoms with van der Waals surface area (Å²) in [5.41, 5.74) is 3.42. The highest BCUT2D eigenvalue weighted by Crippen LogP contribution is 2.20. The Morgan fingerprint density at radius 2 is 2.00 bits per heavy atom. The third-order valence-corrected chi connectivity index (χ3v) is 3.28. The van der Waals surface area contributed by atoms with Crippen LogP contribution in [-0.4, -0.2) is 47.3 Å². The van der Waals surface area contributed by atoms with Crippen molar-refractivity contribution in [3.05, 3.63) is 35.5 Å². The van der Waals surface area contributed by atoms with E-state index in [2.05, 4.69) is 50.6 Å². The predicted octanol–water partition coefficient (Wildman–Crippen LogP) is 2.21. The molecule has 0 saturated carbocycles. The molecule has 0 unspecified atom stereocenters. The first-order valence-electron chi connectivity index (χ1n) is 6.98. The molecule has 0 atom stereocenters. The largest absolute Gasteiger partial charge is 0.367 e. The second kappa shape index (κ2) is 6.99. The molecular weight excluding hydrogens is 264 g/mol. The van der Waals surface area contributed by atoms with Gasteiger partial charge in [-0.25, -0.2) is 0 Å². The van der Waals surface area contributed by atoms with Crippen molar-refractivity contribution in [2.45, 2.75) is 13.8 Å². The Morgan fingerprint density at radius 1 is 1.19 bits per heavy atom. The Bertz CT molecular complexity index is 596. The molecule has 1 aromatic heterocycles. The van der Waals surface area contributed by atoms with Crippen LogP contribution in [0.3, 0.4) is 0 Å². The van der Waals surface area contributed by atoms with E-state index in [-0.39, 0.29) is 0 Å². The van der Waals surface area contributed by atoms with Crippen molar-refractivity contribution in [2.75, 3.05) is 37.8 Å². The van der Waals surface area contributed by atoms with Crippen molar-refractivity contribution in [1.29, 1.82) is 0 Å². The Hall–Kier alpha value is -2.21. The zero-order valence-corrected chi connectivity index (χ0v) is 13.0. The molecule has 21 heavy (non-hydrogen) atoms. The summed E-state index contributed by atoms with van der Waals surface area (Å²) >= 11 is 0. The van der Waals surface area contributed by atoms with Gasteiger partial charge in [-0.3, -0.25) is 0 Å². The Kier molecular flexibility index (Phi) is 5.05. The zero-order chi connectivity index (χ0) is 15.2. The van der Waals surface area contributed by atoms with Crippen LogP contribution in [0.4, 0.5) is 17.5 Å². The molecule has 0 saturated heterocycles.